The minimum Gasteiger partial charge on any atom is -0.368 e. The number of ketones is 1. The first-order chi connectivity index (χ1) is 9.24. The van der Waals surface area contributed by atoms with Crippen molar-refractivity contribution >= 4 is 5.78 Å². The van der Waals surface area contributed by atoms with Crippen LogP contribution in [0.2, 0.25) is 0 Å². The molecule has 1 aliphatic rings. The molecule has 0 radical (unpaired) electrons. The summed E-state index contributed by atoms with van der Waals surface area (Å²) >= 11 is 0. The number of carbonyl (C=O) groups is 1. The topological polar surface area (TPSA) is 26.3 Å². The zero-order valence-electron chi connectivity index (χ0n) is 10.3. The van der Waals surface area contributed by atoms with Crippen molar-refractivity contribution in [1.82, 2.24) is 0 Å². The van der Waals surface area contributed by atoms with Gasteiger partial charge in [-0.25, -0.2) is 4.39 Å². The van der Waals surface area contributed by atoms with E-state index in [0.717, 1.165) is 11.1 Å². The van der Waals surface area contributed by atoms with E-state index >= 15 is 0 Å². The number of fused-ring (bicyclic) bond motifs is 1. The van der Waals surface area contributed by atoms with Crippen LogP contribution in [0.3, 0.4) is 0 Å². The number of carbonyl (C=O) groups excluding carboxylic acids is 1. The second kappa shape index (κ2) is 4.94. The molecule has 0 aliphatic carbocycles. The van der Waals surface area contributed by atoms with Crippen LogP contribution in [0, 0.1) is 5.82 Å². The largest absolute Gasteiger partial charge is 0.368 e. The maximum Gasteiger partial charge on any atom is 0.165 e. The summed E-state index contributed by atoms with van der Waals surface area (Å²) in [5, 5.41) is 0. The Morgan fingerprint density at radius 2 is 1.89 bits per heavy atom. The van der Waals surface area contributed by atoms with Crippen LogP contribution in [0.25, 0.3) is 0 Å². The van der Waals surface area contributed by atoms with Gasteiger partial charge in [-0.15, -0.1) is 0 Å². The van der Waals surface area contributed by atoms with Crippen LogP contribution in [0.4, 0.5) is 4.39 Å². The van der Waals surface area contributed by atoms with Gasteiger partial charge in [0.1, 0.15) is 5.82 Å². The molecular weight excluding hydrogens is 243 g/mol. The molecule has 3 rings (SSSR count). The van der Waals surface area contributed by atoms with Gasteiger partial charge in [-0.3, -0.25) is 4.79 Å². The second-order valence-corrected chi connectivity index (χ2v) is 4.63. The zero-order chi connectivity index (χ0) is 13.2. The van der Waals surface area contributed by atoms with Crippen molar-refractivity contribution < 1.29 is 13.9 Å². The molecule has 0 amide bonds. The molecule has 0 unspecified atom stereocenters. The fourth-order valence-electron chi connectivity index (χ4n) is 2.35. The Bertz CT molecular complexity index is 604. The standard InChI is InChI=1S/C16H13FO2/c17-13-7-5-11(6-8-13)15(18)9-16-14-4-2-1-3-12(14)10-19-16/h1-8,16H,9-10H2/t16-/m1/s1. The molecular formula is C16H13FO2. The molecule has 1 aliphatic heterocycles. The number of Topliss-reactive ketones (excluding diaryl/α,β-unsaturated/α-hetero) is 1. The van der Waals surface area contributed by atoms with E-state index in [1.54, 1.807) is 0 Å². The van der Waals surface area contributed by atoms with Gasteiger partial charge in [0.05, 0.1) is 12.7 Å². The summed E-state index contributed by atoms with van der Waals surface area (Å²) in [7, 11) is 0. The van der Waals surface area contributed by atoms with Crippen LogP contribution in [0.5, 0.6) is 0 Å². The average Bonchev–Trinajstić information content (AvgIpc) is 2.83. The van der Waals surface area contributed by atoms with Crippen LogP contribution >= 0.6 is 0 Å². The molecule has 0 bridgehead atoms. The van der Waals surface area contributed by atoms with Crippen LogP contribution in [-0.2, 0) is 11.3 Å². The molecule has 2 nitrogen and oxygen atoms in total. The maximum atomic E-state index is 12.8. The van der Waals surface area contributed by atoms with Gasteiger partial charge in [-0.2, -0.15) is 0 Å². The highest BCUT2D eigenvalue weighted by Gasteiger charge is 2.25. The molecule has 0 saturated carbocycles. The van der Waals surface area contributed by atoms with Crippen molar-refractivity contribution in [2.24, 2.45) is 0 Å². The van der Waals surface area contributed by atoms with Gasteiger partial charge in [-0.1, -0.05) is 24.3 Å². The van der Waals surface area contributed by atoms with Gasteiger partial charge in [-0.05, 0) is 35.4 Å². The Labute approximate surface area is 110 Å². The summed E-state index contributed by atoms with van der Waals surface area (Å²) in [6.45, 7) is 0.553. The van der Waals surface area contributed by atoms with Gasteiger partial charge in [0.2, 0.25) is 0 Å². The molecule has 1 atom stereocenters. The summed E-state index contributed by atoms with van der Waals surface area (Å²) in [5.41, 5.74) is 2.74. The first-order valence-electron chi connectivity index (χ1n) is 6.22. The molecule has 0 spiro atoms. The van der Waals surface area contributed by atoms with Gasteiger partial charge in [0.25, 0.3) is 0 Å². The maximum absolute atomic E-state index is 12.8. The van der Waals surface area contributed by atoms with Crippen molar-refractivity contribution in [1.29, 1.82) is 0 Å². The summed E-state index contributed by atoms with van der Waals surface area (Å²) in [6, 6.07) is 13.5. The number of hydrogen-bond acceptors (Lipinski definition) is 2. The second-order valence-electron chi connectivity index (χ2n) is 4.63. The minimum absolute atomic E-state index is 0.0262. The summed E-state index contributed by atoms with van der Waals surface area (Å²) < 4.78 is 18.5. The van der Waals surface area contributed by atoms with Gasteiger partial charge in [0.15, 0.2) is 5.78 Å². The third kappa shape index (κ3) is 2.42. The lowest BCUT2D eigenvalue weighted by atomic mass is 9.99. The van der Waals surface area contributed by atoms with Gasteiger partial charge < -0.3 is 4.74 Å². The first-order valence-corrected chi connectivity index (χ1v) is 6.22. The van der Waals surface area contributed by atoms with E-state index in [1.165, 1.54) is 24.3 Å². The Kier molecular flexibility index (Phi) is 3.13. The molecule has 96 valence electrons. The van der Waals surface area contributed by atoms with Crippen LogP contribution in [-0.4, -0.2) is 5.78 Å². The van der Waals surface area contributed by atoms with Crippen molar-refractivity contribution in [2.45, 2.75) is 19.1 Å². The fourth-order valence-corrected chi connectivity index (χ4v) is 2.35. The molecule has 2 aromatic rings. The fraction of sp³-hybridized carbons (Fsp3) is 0.188. The molecule has 0 fully saturated rings. The van der Waals surface area contributed by atoms with Crippen molar-refractivity contribution in [2.75, 3.05) is 0 Å². The van der Waals surface area contributed by atoms with Crippen LogP contribution in [0.1, 0.15) is 34.0 Å². The van der Waals surface area contributed by atoms with E-state index < -0.39 is 0 Å². The zero-order valence-corrected chi connectivity index (χ0v) is 10.3. The quantitative estimate of drug-likeness (QED) is 0.783. The van der Waals surface area contributed by atoms with E-state index in [9.17, 15) is 9.18 Å². The van der Waals surface area contributed by atoms with E-state index in [2.05, 4.69) is 0 Å². The van der Waals surface area contributed by atoms with Crippen LogP contribution in [0.15, 0.2) is 48.5 Å². The Balaban J connectivity index is 1.76. The Hall–Kier alpha value is -2.00. The number of benzene rings is 2. The first kappa shape index (κ1) is 12.1. The SMILES string of the molecule is O=C(C[C@H]1OCc2ccccc21)c1ccc(F)cc1. The number of hydrogen-bond donors (Lipinski definition) is 0. The normalized spacial score (nSPS) is 17.2. The van der Waals surface area contributed by atoms with Gasteiger partial charge in [0, 0.05) is 12.0 Å². The van der Waals surface area contributed by atoms with Crippen molar-refractivity contribution in [3.8, 4) is 0 Å². The lowest BCUT2D eigenvalue weighted by Crippen LogP contribution is -2.06. The molecule has 2 aromatic carbocycles. The van der Waals surface area contributed by atoms with E-state index in [1.807, 2.05) is 24.3 Å². The van der Waals surface area contributed by atoms with E-state index in [-0.39, 0.29) is 17.7 Å². The minimum atomic E-state index is -0.334. The monoisotopic (exact) mass is 256 g/mol. The Morgan fingerprint density at radius 3 is 2.68 bits per heavy atom. The molecule has 0 N–H and O–H groups in total. The summed E-state index contributed by atoms with van der Waals surface area (Å²) in [5.74, 6) is -0.360. The molecule has 19 heavy (non-hydrogen) atoms. The third-order valence-corrected chi connectivity index (χ3v) is 3.38. The molecule has 1 heterocycles. The predicted molar refractivity (Wildman–Crippen MR) is 69.3 cm³/mol. The molecule has 0 saturated heterocycles. The summed E-state index contributed by atoms with van der Waals surface area (Å²) in [6.07, 6.45) is 0.108. The number of ether oxygens (including phenoxy) is 1. The van der Waals surface area contributed by atoms with E-state index in [0.29, 0.717) is 18.6 Å². The van der Waals surface area contributed by atoms with Gasteiger partial charge >= 0.3 is 0 Å². The smallest absolute Gasteiger partial charge is 0.165 e. The highest BCUT2D eigenvalue weighted by Crippen LogP contribution is 2.33. The predicted octanol–water partition coefficient (Wildman–Crippen LogP) is 3.67. The highest BCUT2D eigenvalue weighted by atomic mass is 19.1. The van der Waals surface area contributed by atoms with Crippen molar-refractivity contribution in [3.05, 3.63) is 71.0 Å². The highest BCUT2D eigenvalue weighted by molar-refractivity contribution is 5.96. The lowest BCUT2D eigenvalue weighted by molar-refractivity contribution is 0.0536. The van der Waals surface area contributed by atoms with E-state index in [4.69, 9.17) is 4.74 Å². The molecule has 3 heteroatoms. The third-order valence-electron chi connectivity index (χ3n) is 3.38. The Morgan fingerprint density at radius 1 is 1.16 bits per heavy atom. The van der Waals surface area contributed by atoms with Crippen LogP contribution < -0.4 is 0 Å². The number of halogens is 1. The average molecular weight is 256 g/mol. The molecule has 0 aromatic heterocycles. The number of rotatable bonds is 3. The lowest BCUT2D eigenvalue weighted by Gasteiger charge is -2.10. The van der Waals surface area contributed by atoms with Crippen molar-refractivity contribution in [3.63, 3.8) is 0 Å². The summed E-state index contributed by atoms with van der Waals surface area (Å²) in [4.78, 5) is 12.1.